The number of amides is 2. The van der Waals surface area contributed by atoms with Crippen LogP contribution in [0.15, 0.2) is 10.4 Å². The molecule has 9 nitrogen and oxygen atoms in total. The van der Waals surface area contributed by atoms with Crippen LogP contribution >= 0.6 is 11.3 Å². The molecule has 0 saturated heterocycles. The molecule has 1 heterocycles. The van der Waals surface area contributed by atoms with E-state index in [0.717, 1.165) is 43.4 Å². The molecular weight excluding hydrogens is 428 g/mol. The maximum atomic E-state index is 13.0. The molecule has 0 radical (unpaired) electrons. The molecule has 0 atom stereocenters. The number of anilines is 1. The molecule has 1 aromatic rings. The largest absolute Gasteiger partial charge is 0.481 e. The molecule has 3 N–H and O–H groups in total. The molecule has 11 heteroatoms. The van der Waals surface area contributed by atoms with E-state index in [1.807, 2.05) is 4.90 Å². The number of nitrogens with zero attached hydrogens (tertiary/aromatic N) is 2. The van der Waals surface area contributed by atoms with Gasteiger partial charge >= 0.3 is 12.0 Å². The van der Waals surface area contributed by atoms with Gasteiger partial charge in [0.25, 0.3) is 10.0 Å². The highest BCUT2D eigenvalue weighted by Crippen LogP contribution is 2.29. The van der Waals surface area contributed by atoms with Crippen molar-refractivity contribution in [3.63, 3.8) is 0 Å². The smallest absolute Gasteiger partial charge is 0.323 e. The summed E-state index contributed by atoms with van der Waals surface area (Å²) in [6.45, 7) is 6.91. The van der Waals surface area contributed by atoms with Crippen molar-refractivity contribution in [3.8, 4) is 0 Å². The Bertz CT molecular complexity index is 817. The van der Waals surface area contributed by atoms with E-state index in [1.165, 1.54) is 6.20 Å². The van der Waals surface area contributed by atoms with E-state index in [4.69, 9.17) is 5.11 Å². The van der Waals surface area contributed by atoms with E-state index in [9.17, 15) is 18.0 Å². The van der Waals surface area contributed by atoms with Crippen LogP contribution in [0.4, 0.5) is 9.93 Å². The lowest BCUT2D eigenvalue weighted by molar-refractivity contribution is -0.136. The minimum atomic E-state index is -3.86. The molecule has 0 aromatic carbocycles. The van der Waals surface area contributed by atoms with Crippen LogP contribution < -0.4 is 10.0 Å². The summed E-state index contributed by atoms with van der Waals surface area (Å²) >= 11 is 0.848. The fourth-order valence-electron chi connectivity index (χ4n) is 3.37. The number of thiazole rings is 1. The predicted octanol–water partition coefficient (Wildman–Crippen LogP) is 3.35. The van der Waals surface area contributed by atoms with Gasteiger partial charge in [-0.2, -0.15) is 0 Å². The number of sulfonamides is 1. The molecule has 0 bridgehead atoms. The highest BCUT2D eigenvalue weighted by atomic mass is 32.2. The highest BCUT2D eigenvalue weighted by molar-refractivity contribution is 7.91. The van der Waals surface area contributed by atoms with Crippen molar-refractivity contribution >= 4 is 38.5 Å². The average molecular weight is 461 g/mol. The second kappa shape index (κ2) is 11.1. The Morgan fingerprint density at radius 3 is 2.57 bits per heavy atom. The normalized spacial score (nSPS) is 19.6. The van der Waals surface area contributed by atoms with Crippen molar-refractivity contribution in [1.29, 1.82) is 0 Å². The van der Waals surface area contributed by atoms with Crippen molar-refractivity contribution in [2.45, 2.75) is 69.5 Å². The number of aliphatic carboxylic acids is 1. The van der Waals surface area contributed by atoms with Gasteiger partial charge in [0.1, 0.15) is 0 Å². The molecule has 170 valence electrons. The van der Waals surface area contributed by atoms with Gasteiger partial charge in [-0.3, -0.25) is 10.1 Å². The Morgan fingerprint density at radius 2 is 1.97 bits per heavy atom. The zero-order chi connectivity index (χ0) is 22.3. The third kappa shape index (κ3) is 7.51. The topological polar surface area (TPSA) is 129 Å². The third-order valence-electron chi connectivity index (χ3n) is 5.23. The van der Waals surface area contributed by atoms with Crippen molar-refractivity contribution in [2.24, 2.45) is 11.8 Å². The maximum absolute atomic E-state index is 13.0. The van der Waals surface area contributed by atoms with E-state index in [1.54, 1.807) is 0 Å². The van der Waals surface area contributed by atoms with E-state index >= 15 is 0 Å². The van der Waals surface area contributed by atoms with Gasteiger partial charge in [-0.05, 0) is 43.9 Å². The van der Waals surface area contributed by atoms with Crippen molar-refractivity contribution in [1.82, 2.24) is 14.6 Å². The third-order valence-corrected chi connectivity index (χ3v) is 8.06. The SMILES string of the molecule is CC(C)CCN(C(=O)Nc1ncc(S(=O)(=O)NCCC(=O)O)s1)[C@H]1CC[C@H](C)CC1. The Balaban J connectivity index is 2.03. The lowest BCUT2D eigenvalue weighted by Gasteiger charge is -2.36. The molecule has 1 aromatic heterocycles. The summed E-state index contributed by atoms with van der Waals surface area (Å²) in [5.74, 6) is 0.0569. The van der Waals surface area contributed by atoms with Crippen LogP contribution in [0.3, 0.4) is 0 Å². The average Bonchev–Trinajstić information content (AvgIpc) is 3.12. The van der Waals surface area contributed by atoms with Crippen LogP contribution in [0.25, 0.3) is 0 Å². The van der Waals surface area contributed by atoms with Gasteiger partial charge in [-0.1, -0.05) is 32.1 Å². The first-order chi connectivity index (χ1) is 14.1. The second-order valence-electron chi connectivity index (χ2n) is 8.25. The molecule has 2 rings (SSSR count). The van der Waals surface area contributed by atoms with Crippen LogP contribution in [0, 0.1) is 11.8 Å². The molecule has 0 aliphatic heterocycles. The predicted molar refractivity (Wildman–Crippen MR) is 116 cm³/mol. The first kappa shape index (κ1) is 24.5. The molecule has 30 heavy (non-hydrogen) atoms. The Morgan fingerprint density at radius 1 is 1.30 bits per heavy atom. The molecule has 1 fully saturated rings. The molecule has 1 aliphatic carbocycles. The monoisotopic (exact) mass is 460 g/mol. The Labute approximate surface area is 182 Å². The number of aromatic nitrogens is 1. The summed E-state index contributed by atoms with van der Waals surface area (Å²) < 4.78 is 26.6. The number of carboxylic acid groups (broad SMARTS) is 1. The van der Waals surface area contributed by atoms with Crippen molar-refractivity contribution in [2.75, 3.05) is 18.4 Å². The van der Waals surface area contributed by atoms with Crippen LogP contribution in [0.5, 0.6) is 0 Å². The van der Waals surface area contributed by atoms with Crippen molar-refractivity contribution in [3.05, 3.63) is 6.20 Å². The summed E-state index contributed by atoms with van der Waals surface area (Å²) in [6, 6.07) is -0.0758. The Kier molecular flexibility index (Phi) is 9.05. The van der Waals surface area contributed by atoms with E-state index in [-0.39, 0.29) is 34.4 Å². The number of hydrogen-bond donors (Lipinski definition) is 3. The first-order valence-corrected chi connectivity index (χ1v) is 12.6. The summed E-state index contributed by atoms with van der Waals surface area (Å²) in [4.78, 5) is 29.4. The van der Waals surface area contributed by atoms with Gasteiger partial charge in [0, 0.05) is 19.1 Å². The van der Waals surface area contributed by atoms with Gasteiger partial charge in [0.2, 0.25) is 0 Å². The van der Waals surface area contributed by atoms with Gasteiger partial charge in [0.05, 0.1) is 12.6 Å². The van der Waals surface area contributed by atoms with Crippen LogP contribution in [-0.2, 0) is 14.8 Å². The summed E-state index contributed by atoms with van der Waals surface area (Å²) in [5.41, 5.74) is 0. The zero-order valence-electron chi connectivity index (χ0n) is 17.8. The fourth-order valence-corrected chi connectivity index (χ4v) is 5.47. The Hall–Kier alpha value is -1.72. The standard InChI is InChI=1S/C19H32N4O5S2/c1-13(2)9-11-23(15-6-4-14(3)5-7-15)19(26)22-18-20-12-17(29-18)30(27,28)21-10-8-16(24)25/h12-15,21H,4-11H2,1-3H3,(H,24,25)(H,20,22,26)/t14-,15-. The lowest BCUT2D eigenvalue weighted by Crippen LogP contribution is -2.45. The van der Waals surface area contributed by atoms with Gasteiger partial charge in [-0.15, -0.1) is 0 Å². The molecule has 2 amide bonds. The highest BCUT2D eigenvalue weighted by Gasteiger charge is 2.28. The number of urea groups is 1. The van der Waals surface area contributed by atoms with Gasteiger partial charge in [-0.25, -0.2) is 22.9 Å². The zero-order valence-corrected chi connectivity index (χ0v) is 19.4. The second-order valence-corrected chi connectivity index (χ2v) is 11.3. The van der Waals surface area contributed by atoms with Crippen LogP contribution in [0.2, 0.25) is 0 Å². The number of rotatable bonds is 10. The van der Waals surface area contributed by atoms with Crippen LogP contribution in [0.1, 0.15) is 59.3 Å². The molecular formula is C19H32N4O5S2. The fraction of sp³-hybridized carbons (Fsp3) is 0.737. The molecule has 1 saturated carbocycles. The molecule has 0 unspecified atom stereocenters. The first-order valence-electron chi connectivity index (χ1n) is 10.3. The number of carboxylic acids is 1. The maximum Gasteiger partial charge on any atom is 0.323 e. The number of hydrogen-bond acceptors (Lipinski definition) is 6. The number of nitrogens with one attached hydrogen (secondary N) is 2. The lowest BCUT2D eigenvalue weighted by atomic mass is 9.86. The van der Waals surface area contributed by atoms with Gasteiger partial charge in [0.15, 0.2) is 9.34 Å². The molecule has 0 spiro atoms. The van der Waals surface area contributed by atoms with E-state index in [0.29, 0.717) is 18.4 Å². The summed E-state index contributed by atoms with van der Waals surface area (Å²) in [5, 5.41) is 11.6. The van der Waals surface area contributed by atoms with Gasteiger partial charge < -0.3 is 10.0 Å². The van der Waals surface area contributed by atoms with E-state index in [2.05, 4.69) is 35.8 Å². The summed E-state index contributed by atoms with van der Waals surface area (Å²) in [7, 11) is -3.86. The summed E-state index contributed by atoms with van der Waals surface area (Å²) in [6.07, 6.45) is 5.88. The minimum Gasteiger partial charge on any atom is -0.481 e. The van der Waals surface area contributed by atoms with E-state index < -0.39 is 16.0 Å². The number of carbonyl (C=O) groups excluding carboxylic acids is 1. The quantitative estimate of drug-likeness (QED) is 0.491. The van der Waals surface area contributed by atoms with Crippen LogP contribution in [-0.4, -0.2) is 54.5 Å². The minimum absolute atomic E-state index is 0.0663. The molecule has 1 aliphatic rings. The van der Waals surface area contributed by atoms with Crippen molar-refractivity contribution < 1.29 is 23.1 Å². The number of carbonyl (C=O) groups is 2.